The topological polar surface area (TPSA) is 58.2 Å². The molecule has 2 amide bonds. The van der Waals surface area contributed by atoms with Crippen LogP contribution >= 0.6 is 27.7 Å². The lowest BCUT2D eigenvalue weighted by Gasteiger charge is -2.18. The van der Waals surface area contributed by atoms with E-state index in [2.05, 4.69) is 26.6 Å². The molecule has 0 bridgehead atoms. The third-order valence-corrected chi connectivity index (χ3v) is 6.16. The molecular weight excluding hydrogens is 479 g/mol. The smallest absolute Gasteiger partial charge is 0.242 e. The van der Waals surface area contributed by atoms with Gasteiger partial charge in [0.15, 0.2) is 0 Å². The van der Waals surface area contributed by atoms with Gasteiger partial charge in [0.25, 0.3) is 0 Å². The predicted octanol–water partition coefficient (Wildman–Crippen LogP) is 6.80. The molecule has 0 aliphatic carbocycles. The predicted molar refractivity (Wildman–Crippen MR) is 128 cm³/mol. The summed E-state index contributed by atoms with van der Waals surface area (Å²) in [5.74, 6) is -0.856. The normalized spacial score (nSPS) is 11.6. The van der Waals surface area contributed by atoms with Crippen molar-refractivity contribution < 1.29 is 14.0 Å². The number of carbonyl (C=O) groups is 2. The highest BCUT2D eigenvalue weighted by Gasteiger charge is 2.23. The average Bonchev–Trinajstić information content (AvgIpc) is 2.76. The lowest BCUT2D eigenvalue weighted by Crippen LogP contribution is -2.19. The lowest BCUT2D eigenvalue weighted by atomic mass is 10.1. The molecule has 0 saturated heterocycles. The Bertz CT molecular complexity index is 1050. The van der Waals surface area contributed by atoms with Gasteiger partial charge in [-0.3, -0.25) is 9.59 Å². The van der Waals surface area contributed by atoms with Gasteiger partial charge in [0, 0.05) is 21.5 Å². The van der Waals surface area contributed by atoms with Crippen molar-refractivity contribution in [3.8, 4) is 0 Å². The number of rotatable bonds is 8. The molecule has 0 aliphatic rings. The maximum Gasteiger partial charge on any atom is 0.242 e. The van der Waals surface area contributed by atoms with Crippen LogP contribution in [0.3, 0.4) is 0 Å². The zero-order chi connectivity index (χ0) is 22.2. The zero-order valence-corrected chi connectivity index (χ0v) is 19.3. The molecule has 1 atom stereocenters. The number of hydrogen-bond acceptors (Lipinski definition) is 3. The molecule has 3 rings (SSSR count). The van der Waals surface area contributed by atoms with Crippen molar-refractivity contribution in [2.75, 3.05) is 10.6 Å². The van der Waals surface area contributed by atoms with Gasteiger partial charge in [-0.05, 0) is 54.4 Å². The first-order valence-corrected chi connectivity index (χ1v) is 11.5. The minimum Gasteiger partial charge on any atom is -0.326 e. The van der Waals surface area contributed by atoms with Gasteiger partial charge in [-0.2, -0.15) is 0 Å². The van der Waals surface area contributed by atoms with Crippen LogP contribution in [-0.4, -0.2) is 11.8 Å². The fourth-order valence-corrected chi connectivity index (χ4v) is 4.25. The first-order valence-electron chi connectivity index (χ1n) is 9.83. The number of hydrogen-bond donors (Lipinski definition) is 2. The minimum absolute atomic E-state index is 0.0269. The highest BCUT2D eigenvalue weighted by molar-refractivity contribution is 9.10. The Morgan fingerprint density at radius 1 is 1.00 bits per heavy atom. The van der Waals surface area contributed by atoms with Crippen LogP contribution in [-0.2, 0) is 9.59 Å². The summed E-state index contributed by atoms with van der Waals surface area (Å²) in [6.45, 7) is 1.95. The Morgan fingerprint density at radius 3 is 2.35 bits per heavy atom. The van der Waals surface area contributed by atoms with E-state index < -0.39 is 11.1 Å². The van der Waals surface area contributed by atoms with Crippen LogP contribution in [0, 0.1) is 5.82 Å². The first kappa shape index (κ1) is 23.0. The summed E-state index contributed by atoms with van der Waals surface area (Å²) in [4.78, 5) is 25.7. The monoisotopic (exact) mass is 500 g/mol. The Hall–Kier alpha value is -2.64. The summed E-state index contributed by atoms with van der Waals surface area (Å²) in [5.41, 5.74) is 1.65. The van der Waals surface area contributed by atoms with Crippen LogP contribution in [0.25, 0.3) is 0 Å². The number of benzene rings is 3. The highest BCUT2D eigenvalue weighted by atomic mass is 79.9. The molecule has 3 aromatic carbocycles. The molecule has 0 radical (unpaired) electrons. The number of nitrogens with one attached hydrogen (secondary N) is 2. The molecular formula is C24H22BrFN2O2S. The van der Waals surface area contributed by atoms with Crippen molar-refractivity contribution in [3.63, 3.8) is 0 Å². The molecule has 0 fully saturated rings. The van der Waals surface area contributed by atoms with Crippen molar-refractivity contribution >= 4 is 50.9 Å². The summed E-state index contributed by atoms with van der Waals surface area (Å²) < 4.78 is 14.8. The quantitative estimate of drug-likeness (QED) is 0.334. The molecule has 3 aromatic rings. The molecule has 0 saturated carbocycles. The number of amides is 2. The minimum atomic E-state index is -0.579. The van der Waals surface area contributed by atoms with Crippen LogP contribution < -0.4 is 10.6 Å². The van der Waals surface area contributed by atoms with Crippen molar-refractivity contribution in [2.45, 2.75) is 29.9 Å². The molecule has 0 heterocycles. The van der Waals surface area contributed by atoms with Crippen molar-refractivity contribution in [2.24, 2.45) is 0 Å². The molecule has 0 spiro atoms. The standard InChI is InChI=1S/C24H22BrFN2O2S/c1-2-6-22(29)27-18-10-12-19(13-11-18)31-23(16-7-4-3-5-8-16)24(30)28-21-14-9-17(25)15-20(21)26/h3-5,7-15,23H,2,6H2,1H3,(H,27,29)(H,28,30). The fraction of sp³-hybridized carbons (Fsp3) is 0.167. The highest BCUT2D eigenvalue weighted by Crippen LogP contribution is 2.37. The van der Waals surface area contributed by atoms with E-state index in [1.54, 1.807) is 6.07 Å². The van der Waals surface area contributed by atoms with E-state index in [9.17, 15) is 14.0 Å². The second-order valence-electron chi connectivity index (χ2n) is 6.84. The summed E-state index contributed by atoms with van der Waals surface area (Å²) >= 11 is 4.58. The largest absolute Gasteiger partial charge is 0.326 e. The van der Waals surface area contributed by atoms with Gasteiger partial charge in [0.05, 0.1) is 5.69 Å². The number of anilines is 2. The van der Waals surface area contributed by atoms with Gasteiger partial charge in [0.1, 0.15) is 11.1 Å². The van der Waals surface area contributed by atoms with Gasteiger partial charge < -0.3 is 10.6 Å². The zero-order valence-electron chi connectivity index (χ0n) is 16.9. The van der Waals surface area contributed by atoms with Crippen molar-refractivity contribution in [3.05, 3.63) is 88.6 Å². The number of carbonyl (C=O) groups excluding carboxylic acids is 2. The van der Waals surface area contributed by atoms with Crippen LogP contribution in [0.1, 0.15) is 30.6 Å². The summed E-state index contributed by atoms with van der Waals surface area (Å²) in [7, 11) is 0. The summed E-state index contributed by atoms with van der Waals surface area (Å²) in [5, 5.41) is 4.96. The van der Waals surface area contributed by atoms with Crippen LogP contribution in [0.5, 0.6) is 0 Å². The van der Waals surface area contributed by atoms with Gasteiger partial charge in [-0.1, -0.05) is 53.2 Å². The second kappa shape index (κ2) is 11.1. The first-order chi connectivity index (χ1) is 15.0. The van der Waals surface area contributed by atoms with E-state index in [4.69, 9.17) is 0 Å². The van der Waals surface area contributed by atoms with E-state index in [-0.39, 0.29) is 17.5 Å². The van der Waals surface area contributed by atoms with E-state index >= 15 is 0 Å². The van der Waals surface area contributed by atoms with E-state index in [1.165, 1.54) is 23.9 Å². The van der Waals surface area contributed by atoms with E-state index in [0.29, 0.717) is 16.6 Å². The van der Waals surface area contributed by atoms with Crippen LogP contribution in [0.2, 0.25) is 0 Å². The SMILES string of the molecule is CCCC(=O)Nc1ccc(SC(C(=O)Nc2ccc(Br)cc2F)c2ccccc2)cc1. The fourth-order valence-electron chi connectivity index (χ4n) is 2.89. The number of halogens is 2. The third kappa shape index (κ3) is 6.67. The van der Waals surface area contributed by atoms with Gasteiger partial charge in [-0.15, -0.1) is 11.8 Å². The Kier molecular flexibility index (Phi) is 8.26. The molecule has 4 nitrogen and oxygen atoms in total. The molecule has 0 aliphatic heterocycles. The maximum atomic E-state index is 14.2. The Balaban J connectivity index is 1.78. The van der Waals surface area contributed by atoms with E-state index in [0.717, 1.165) is 16.9 Å². The second-order valence-corrected chi connectivity index (χ2v) is 8.94. The number of thioether (sulfide) groups is 1. The van der Waals surface area contributed by atoms with Crippen molar-refractivity contribution in [1.82, 2.24) is 0 Å². The van der Waals surface area contributed by atoms with Crippen LogP contribution in [0.4, 0.5) is 15.8 Å². The van der Waals surface area contributed by atoms with Crippen LogP contribution in [0.15, 0.2) is 82.2 Å². The van der Waals surface area contributed by atoms with E-state index in [1.807, 2.05) is 61.5 Å². The van der Waals surface area contributed by atoms with Crippen molar-refractivity contribution in [1.29, 1.82) is 0 Å². The summed E-state index contributed by atoms with van der Waals surface area (Å²) in [6.07, 6.45) is 1.26. The third-order valence-electron chi connectivity index (χ3n) is 4.40. The maximum absolute atomic E-state index is 14.2. The Morgan fingerprint density at radius 2 is 1.71 bits per heavy atom. The molecule has 160 valence electrons. The molecule has 2 N–H and O–H groups in total. The average molecular weight is 501 g/mol. The van der Waals surface area contributed by atoms with Gasteiger partial charge >= 0.3 is 0 Å². The summed E-state index contributed by atoms with van der Waals surface area (Å²) in [6, 6.07) is 21.2. The molecule has 31 heavy (non-hydrogen) atoms. The van der Waals surface area contributed by atoms with Gasteiger partial charge in [0.2, 0.25) is 11.8 Å². The molecule has 7 heteroatoms. The van der Waals surface area contributed by atoms with Gasteiger partial charge in [-0.25, -0.2) is 4.39 Å². The Labute approximate surface area is 193 Å². The molecule has 1 unspecified atom stereocenters. The molecule has 0 aromatic heterocycles. The lowest BCUT2D eigenvalue weighted by molar-refractivity contribution is -0.116.